The van der Waals surface area contributed by atoms with Crippen molar-refractivity contribution in [3.63, 3.8) is 0 Å². The zero-order valence-electron chi connectivity index (χ0n) is 16.3. The van der Waals surface area contributed by atoms with Crippen LogP contribution in [0.15, 0.2) is 42.7 Å². The lowest BCUT2D eigenvalue weighted by Gasteiger charge is -2.26. The molecule has 5 heteroatoms. The second-order valence-electron chi connectivity index (χ2n) is 7.18. The second-order valence-corrected chi connectivity index (χ2v) is 7.18. The van der Waals surface area contributed by atoms with Gasteiger partial charge in [0, 0.05) is 32.6 Å². The monoisotopic (exact) mass is 367 g/mol. The van der Waals surface area contributed by atoms with Crippen molar-refractivity contribution in [1.29, 1.82) is 0 Å². The van der Waals surface area contributed by atoms with E-state index in [0.29, 0.717) is 19.7 Å². The topological polar surface area (TPSA) is 54.5 Å². The van der Waals surface area contributed by atoms with Gasteiger partial charge in [0.05, 0.1) is 12.6 Å². The molecule has 5 nitrogen and oxygen atoms in total. The van der Waals surface area contributed by atoms with Crippen molar-refractivity contribution in [2.45, 2.75) is 45.2 Å². The third kappa shape index (κ3) is 5.30. The summed E-state index contributed by atoms with van der Waals surface area (Å²) in [6, 6.07) is 10.4. The molecule has 1 heterocycles. The number of hydrogen-bond acceptors (Lipinski definition) is 3. The third-order valence-electron chi connectivity index (χ3n) is 5.16. The summed E-state index contributed by atoms with van der Waals surface area (Å²) in [5.41, 5.74) is 5.07. The number of fused-ring (bicyclic) bond motifs is 1. The summed E-state index contributed by atoms with van der Waals surface area (Å²) in [6.07, 6.45) is 8.38. The molecule has 1 aliphatic carbocycles. The second kappa shape index (κ2) is 9.51. The molecular weight excluding hydrogens is 338 g/mol. The molecule has 1 N–H and O–H groups in total. The van der Waals surface area contributed by atoms with Crippen LogP contribution in [0.1, 0.15) is 48.1 Å². The number of carbonyl (C=O) groups excluding carboxylic acids is 1. The first-order valence-corrected chi connectivity index (χ1v) is 9.72. The molecule has 0 spiro atoms. The zero-order valence-corrected chi connectivity index (χ0v) is 16.3. The van der Waals surface area contributed by atoms with Crippen LogP contribution >= 0.6 is 0 Å². The van der Waals surface area contributed by atoms with Crippen LogP contribution in [-0.2, 0) is 24.1 Å². The maximum Gasteiger partial charge on any atom is 0.318 e. The maximum absolute atomic E-state index is 12.9. The van der Waals surface area contributed by atoms with E-state index in [1.54, 1.807) is 24.4 Å². The van der Waals surface area contributed by atoms with E-state index in [1.807, 2.05) is 19.1 Å². The molecule has 0 bridgehead atoms. The molecule has 1 unspecified atom stereocenters. The van der Waals surface area contributed by atoms with E-state index in [4.69, 9.17) is 4.74 Å². The number of aromatic nitrogens is 1. The standard InChI is InChI=1S/C22H29N3O2/c1-17(20-10-9-19-7-3-4-8-21(19)14-20)24-22(26)25(12-13-27-2)16-18-6-5-11-23-15-18/h5-6,9-11,14-15,17H,3-4,7-8,12-13,16H2,1-2H3,(H,24,26). The minimum absolute atomic E-state index is 0.0383. The molecule has 2 aromatic rings. The molecule has 1 atom stereocenters. The van der Waals surface area contributed by atoms with Crippen LogP contribution in [0.2, 0.25) is 0 Å². The van der Waals surface area contributed by atoms with Crippen molar-refractivity contribution in [3.8, 4) is 0 Å². The smallest absolute Gasteiger partial charge is 0.318 e. The van der Waals surface area contributed by atoms with Gasteiger partial charge in [-0.05, 0) is 60.9 Å². The Morgan fingerprint density at radius 2 is 2.07 bits per heavy atom. The summed E-state index contributed by atoms with van der Waals surface area (Å²) in [5, 5.41) is 3.14. The van der Waals surface area contributed by atoms with E-state index in [9.17, 15) is 4.79 Å². The average Bonchev–Trinajstić information content (AvgIpc) is 2.71. The summed E-state index contributed by atoms with van der Waals surface area (Å²) in [4.78, 5) is 18.8. The van der Waals surface area contributed by atoms with Crippen molar-refractivity contribution >= 4 is 6.03 Å². The van der Waals surface area contributed by atoms with E-state index in [0.717, 1.165) is 17.5 Å². The number of urea groups is 1. The molecule has 27 heavy (non-hydrogen) atoms. The molecule has 0 aliphatic heterocycles. The Morgan fingerprint density at radius 3 is 2.81 bits per heavy atom. The van der Waals surface area contributed by atoms with E-state index in [1.165, 1.54) is 30.4 Å². The molecule has 0 fully saturated rings. The Hall–Kier alpha value is -2.40. The number of pyridine rings is 1. The molecule has 1 aliphatic rings. The van der Waals surface area contributed by atoms with Gasteiger partial charge in [0.2, 0.25) is 0 Å². The molecule has 0 saturated carbocycles. The summed E-state index contributed by atoms with van der Waals surface area (Å²) >= 11 is 0. The van der Waals surface area contributed by atoms with E-state index >= 15 is 0 Å². The van der Waals surface area contributed by atoms with Crippen molar-refractivity contribution in [1.82, 2.24) is 15.2 Å². The number of amides is 2. The molecule has 2 amide bonds. The highest BCUT2D eigenvalue weighted by molar-refractivity contribution is 5.74. The Kier molecular flexibility index (Phi) is 6.82. The molecule has 3 rings (SSSR count). The van der Waals surface area contributed by atoms with Crippen LogP contribution in [0.5, 0.6) is 0 Å². The summed E-state index contributed by atoms with van der Waals surface area (Å²) in [7, 11) is 1.65. The number of benzene rings is 1. The van der Waals surface area contributed by atoms with Gasteiger partial charge in [0.15, 0.2) is 0 Å². The Balaban J connectivity index is 1.66. The lowest BCUT2D eigenvalue weighted by molar-refractivity contribution is 0.145. The van der Waals surface area contributed by atoms with Crippen LogP contribution < -0.4 is 5.32 Å². The van der Waals surface area contributed by atoms with Crippen LogP contribution in [0, 0.1) is 0 Å². The fourth-order valence-electron chi connectivity index (χ4n) is 3.55. The summed E-state index contributed by atoms with van der Waals surface area (Å²) in [6.45, 7) is 3.59. The van der Waals surface area contributed by atoms with Gasteiger partial charge >= 0.3 is 6.03 Å². The molecule has 144 valence electrons. The first-order chi connectivity index (χ1) is 13.2. The predicted molar refractivity (Wildman–Crippen MR) is 107 cm³/mol. The number of methoxy groups -OCH3 is 1. The number of aryl methyl sites for hydroxylation is 2. The Bertz CT molecular complexity index is 748. The quantitative estimate of drug-likeness (QED) is 0.808. The Labute approximate surface area is 161 Å². The van der Waals surface area contributed by atoms with E-state index in [2.05, 4.69) is 28.5 Å². The Morgan fingerprint density at radius 1 is 1.26 bits per heavy atom. The van der Waals surface area contributed by atoms with Gasteiger partial charge in [-0.2, -0.15) is 0 Å². The van der Waals surface area contributed by atoms with E-state index in [-0.39, 0.29) is 12.1 Å². The third-order valence-corrected chi connectivity index (χ3v) is 5.16. The number of nitrogens with zero attached hydrogens (tertiary/aromatic N) is 2. The molecule has 1 aromatic carbocycles. The first-order valence-electron chi connectivity index (χ1n) is 9.72. The van der Waals surface area contributed by atoms with Crippen molar-refractivity contribution in [3.05, 3.63) is 65.0 Å². The van der Waals surface area contributed by atoms with Gasteiger partial charge in [-0.15, -0.1) is 0 Å². The largest absolute Gasteiger partial charge is 0.383 e. The van der Waals surface area contributed by atoms with Gasteiger partial charge < -0.3 is 15.0 Å². The highest BCUT2D eigenvalue weighted by Gasteiger charge is 2.18. The SMILES string of the molecule is COCCN(Cc1cccnc1)C(=O)NC(C)c1ccc2c(c1)CCCC2. The fraction of sp³-hybridized carbons (Fsp3) is 0.455. The molecule has 1 aromatic heterocycles. The fourth-order valence-corrected chi connectivity index (χ4v) is 3.55. The zero-order chi connectivity index (χ0) is 19.1. The number of hydrogen-bond donors (Lipinski definition) is 1. The van der Waals surface area contributed by atoms with Crippen molar-refractivity contribution in [2.24, 2.45) is 0 Å². The average molecular weight is 367 g/mol. The summed E-state index contributed by atoms with van der Waals surface area (Å²) < 4.78 is 5.17. The number of carbonyl (C=O) groups is 1. The molecule has 0 radical (unpaired) electrons. The van der Waals surface area contributed by atoms with Crippen LogP contribution in [0.25, 0.3) is 0 Å². The van der Waals surface area contributed by atoms with Crippen molar-refractivity contribution < 1.29 is 9.53 Å². The highest BCUT2D eigenvalue weighted by atomic mass is 16.5. The van der Waals surface area contributed by atoms with E-state index < -0.39 is 0 Å². The van der Waals surface area contributed by atoms with Crippen LogP contribution in [0.4, 0.5) is 4.79 Å². The van der Waals surface area contributed by atoms with Gasteiger partial charge in [0.25, 0.3) is 0 Å². The molecule has 0 saturated heterocycles. The van der Waals surface area contributed by atoms with Gasteiger partial charge in [0.1, 0.15) is 0 Å². The highest BCUT2D eigenvalue weighted by Crippen LogP contribution is 2.25. The normalized spacial score (nSPS) is 14.3. The predicted octanol–water partition coefficient (Wildman–Crippen LogP) is 3.88. The van der Waals surface area contributed by atoms with Crippen molar-refractivity contribution in [2.75, 3.05) is 20.3 Å². The van der Waals surface area contributed by atoms with Gasteiger partial charge in [-0.25, -0.2) is 4.79 Å². The van der Waals surface area contributed by atoms with Crippen LogP contribution in [0.3, 0.4) is 0 Å². The van der Waals surface area contributed by atoms with Gasteiger partial charge in [-0.1, -0.05) is 24.3 Å². The minimum atomic E-state index is -0.0823. The number of ether oxygens (including phenoxy) is 1. The number of nitrogens with one attached hydrogen (secondary N) is 1. The molecular formula is C22H29N3O2. The minimum Gasteiger partial charge on any atom is -0.383 e. The first kappa shape index (κ1) is 19.4. The van der Waals surface area contributed by atoms with Crippen LogP contribution in [-0.4, -0.2) is 36.2 Å². The maximum atomic E-state index is 12.9. The van der Waals surface area contributed by atoms with Gasteiger partial charge in [-0.3, -0.25) is 4.98 Å². The lowest BCUT2D eigenvalue weighted by atomic mass is 9.89. The lowest BCUT2D eigenvalue weighted by Crippen LogP contribution is -2.42. The summed E-state index contributed by atoms with van der Waals surface area (Å²) in [5.74, 6) is 0. The number of rotatable bonds is 7.